The largest absolute Gasteiger partial charge is 0.284 e. The Kier molecular flexibility index (Phi) is 6.37. The zero-order chi connectivity index (χ0) is 20.5. The zero-order valence-electron chi connectivity index (χ0n) is 15.9. The van der Waals surface area contributed by atoms with Gasteiger partial charge in [-0.05, 0) is 43.2 Å². The molecule has 1 saturated heterocycles. The molecule has 5 nitrogen and oxygen atoms in total. The van der Waals surface area contributed by atoms with Gasteiger partial charge < -0.3 is 0 Å². The van der Waals surface area contributed by atoms with Gasteiger partial charge in [0.25, 0.3) is 5.91 Å². The van der Waals surface area contributed by atoms with Gasteiger partial charge in [-0.15, -0.1) is 11.3 Å². The van der Waals surface area contributed by atoms with Crippen LogP contribution >= 0.6 is 46.1 Å². The number of hydrogen-bond donors (Lipinski definition) is 1. The Morgan fingerprint density at radius 1 is 1.14 bits per heavy atom. The smallest absolute Gasteiger partial charge is 0.282 e. The lowest BCUT2D eigenvalue weighted by atomic mass is 9.95. The highest BCUT2D eigenvalue weighted by molar-refractivity contribution is 7.16. The van der Waals surface area contributed by atoms with E-state index >= 15 is 0 Å². The normalized spacial score (nSPS) is 22.6. The number of thiophene rings is 1. The van der Waals surface area contributed by atoms with Crippen LogP contribution < -0.4 is 10.4 Å². The van der Waals surface area contributed by atoms with E-state index in [1.807, 2.05) is 35.1 Å². The summed E-state index contributed by atoms with van der Waals surface area (Å²) in [5.41, 5.74) is 4.21. The van der Waals surface area contributed by atoms with Gasteiger partial charge in [0.15, 0.2) is 0 Å². The Balaban J connectivity index is 1.67. The van der Waals surface area contributed by atoms with E-state index in [0.717, 1.165) is 30.8 Å². The van der Waals surface area contributed by atoms with E-state index in [4.69, 9.17) is 39.9 Å². The number of hydrazine groups is 1. The molecule has 1 aromatic carbocycles. The molecule has 1 aromatic heterocycles. The van der Waals surface area contributed by atoms with Gasteiger partial charge in [-0.2, -0.15) is 5.10 Å². The first-order valence-electron chi connectivity index (χ1n) is 9.58. The van der Waals surface area contributed by atoms with Crippen molar-refractivity contribution in [2.45, 2.75) is 32.2 Å². The molecule has 0 unspecified atom stereocenters. The molecule has 2 atom stereocenters. The SMILES string of the molecule is C[C@H]1C(C(=O)NN2CCCCC2)=NN(c2ccc(Cl)cc2Cl)[C@H]1c1ccc(Cl)s1. The van der Waals surface area contributed by atoms with Crippen LogP contribution in [0.5, 0.6) is 0 Å². The molecule has 1 fully saturated rings. The van der Waals surface area contributed by atoms with Crippen molar-refractivity contribution in [2.75, 3.05) is 18.1 Å². The molecule has 1 N–H and O–H groups in total. The van der Waals surface area contributed by atoms with Crippen molar-refractivity contribution in [2.24, 2.45) is 11.0 Å². The number of nitrogens with zero attached hydrogens (tertiary/aromatic N) is 3. The fourth-order valence-electron chi connectivity index (χ4n) is 3.81. The molecule has 29 heavy (non-hydrogen) atoms. The third kappa shape index (κ3) is 4.42. The number of carbonyl (C=O) groups is 1. The van der Waals surface area contributed by atoms with Crippen LogP contribution in [0.1, 0.15) is 37.1 Å². The highest BCUT2D eigenvalue weighted by atomic mass is 35.5. The highest BCUT2D eigenvalue weighted by Gasteiger charge is 2.41. The predicted molar refractivity (Wildman–Crippen MR) is 121 cm³/mol. The average Bonchev–Trinajstić information content (AvgIpc) is 3.25. The average molecular weight is 472 g/mol. The molecule has 0 radical (unpaired) electrons. The third-order valence-electron chi connectivity index (χ3n) is 5.27. The minimum absolute atomic E-state index is 0.138. The van der Waals surface area contributed by atoms with E-state index < -0.39 is 0 Å². The van der Waals surface area contributed by atoms with E-state index in [2.05, 4.69) is 5.43 Å². The lowest BCUT2D eigenvalue weighted by Crippen LogP contribution is -2.48. The van der Waals surface area contributed by atoms with Crippen molar-refractivity contribution < 1.29 is 4.79 Å². The minimum atomic E-state index is -0.173. The monoisotopic (exact) mass is 470 g/mol. The molecule has 0 saturated carbocycles. The molecule has 2 aliphatic heterocycles. The fourth-order valence-corrected chi connectivity index (χ4v) is 5.56. The van der Waals surface area contributed by atoms with E-state index in [1.54, 1.807) is 12.1 Å². The summed E-state index contributed by atoms with van der Waals surface area (Å²) in [6.07, 6.45) is 3.38. The topological polar surface area (TPSA) is 47.9 Å². The van der Waals surface area contributed by atoms with Gasteiger partial charge in [-0.1, -0.05) is 48.1 Å². The van der Waals surface area contributed by atoms with Crippen LogP contribution in [-0.4, -0.2) is 29.7 Å². The second-order valence-corrected chi connectivity index (χ2v) is 9.88. The number of rotatable bonds is 4. The number of amides is 1. The van der Waals surface area contributed by atoms with Gasteiger partial charge in [-0.3, -0.25) is 15.2 Å². The van der Waals surface area contributed by atoms with Gasteiger partial charge in [0, 0.05) is 28.9 Å². The van der Waals surface area contributed by atoms with Gasteiger partial charge in [-0.25, -0.2) is 5.01 Å². The Bertz CT molecular complexity index is 942. The predicted octanol–water partition coefficient (Wildman–Crippen LogP) is 5.78. The number of nitrogens with one attached hydrogen (secondary N) is 1. The van der Waals surface area contributed by atoms with Crippen molar-refractivity contribution in [3.63, 3.8) is 0 Å². The van der Waals surface area contributed by atoms with Crippen molar-refractivity contribution in [3.05, 3.63) is 49.6 Å². The number of carbonyl (C=O) groups excluding carboxylic acids is 1. The summed E-state index contributed by atoms with van der Waals surface area (Å²) in [6, 6.07) is 8.95. The van der Waals surface area contributed by atoms with Crippen LogP contribution in [0.4, 0.5) is 5.69 Å². The standard InChI is InChI=1S/C20H21Cl3N4OS/c1-12-18(20(28)25-26-9-3-2-4-10-26)24-27(15-6-5-13(21)11-14(15)22)19(12)16-7-8-17(23)29-16/h5-8,11-12,19H,2-4,9-10H2,1H3,(H,25,28)/t12-,19+/m0/s1. The van der Waals surface area contributed by atoms with Gasteiger partial charge in [0.05, 0.1) is 21.1 Å². The summed E-state index contributed by atoms with van der Waals surface area (Å²) in [7, 11) is 0. The second-order valence-electron chi connectivity index (χ2n) is 7.29. The van der Waals surface area contributed by atoms with Gasteiger partial charge in [0.1, 0.15) is 5.71 Å². The lowest BCUT2D eigenvalue weighted by molar-refractivity contribution is -0.120. The number of benzene rings is 1. The first-order valence-corrected chi connectivity index (χ1v) is 11.5. The molecule has 0 aliphatic carbocycles. The van der Waals surface area contributed by atoms with Crippen LogP contribution in [0, 0.1) is 5.92 Å². The zero-order valence-corrected chi connectivity index (χ0v) is 19.0. The molecule has 1 amide bonds. The number of halogens is 3. The first-order chi connectivity index (χ1) is 13.9. The first kappa shape index (κ1) is 20.9. The van der Waals surface area contributed by atoms with Crippen molar-refractivity contribution >= 4 is 63.4 Å². The molecule has 3 heterocycles. The molecule has 0 bridgehead atoms. The van der Waals surface area contributed by atoms with E-state index in [1.165, 1.54) is 17.8 Å². The molecular weight excluding hydrogens is 451 g/mol. The number of anilines is 1. The number of hydrogen-bond acceptors (Lipinski definition) is 5. The second kappa shape index (κ2) is 8.82. The van der Waals surface area contributed by atoms with E-state index in [9.17, 15) is 4.79 Å². The maximum absolute atomic E-state index is 13.0. The van der Waals surface area contributed by atoms with Crippen molar-refractivity contribution in [1.29, 1.82) is 0 Å². The Hall–Kier alpha value is -1.31. The minimum Gasteiger partial charge on any atom is -0.284 e. The third-order valence-corrected chi connectivity index (χ3v) is 7.11. The molecule has 9 heteroatoms. The summed E-state index contributed by atoms with van der Waals surface area (Å²) in [4.78, 5) is 14.1. The van der Waals surface area contributed by atoms with Crippen LogP contribution in [-0.2, 0) is 4.79 Å². The Morgan fingerprint density at radius 3 is 2.55 bits per heavy atom. The van der Waals surface area contributed by atoms with Crippen LogP contribution in [0.3, 0.4) is 0 Å². The van der Waals surface area contributed by atoms with E-state index in [0.29, 0.717) is 25.8 Å². The summed E-state index contributed by atoms with van der Waals surface area (Å²) in [6.45, 7) is 3.74. The molecule has 154 valence electrons. The quantitative estimate of drug-likeness (QED) is 0.615. The van der Waals surface area contributed by atoms with Crippen molar-refractivity contribution in [3.8, 4) is 0 Å². The summed E-state index contributed by atoms with van der Waals surface area (Å²) >= 11 is 20.2. The molecule has 0 spiro atoms. The fraction of sp³-hybridized carbons (Fsp3) is 0.400. The van der Waals surface area contributed by atoms with Crippen LogP contribution in [0.25, 0.3) is 0 Å². The van der Waals surface area contributed by atoms with Crippen LogP contribution in [0.2, 0.25) is 14.4 Å². The van der Waals surface area contributed by atoms with Gasteiger partial charge >= 0.3 is 0 Å². The summed E-state index contributed by atoms with van der Waals surface area (Å²) in [5, 5.41) is 9.54. The summed E-state index contributed by atoms with van der Waals surface area (Å²) < 4.78 is 0.695. The van der Waals surface area contributed by atoms with E-state index in [-0.39, 0.29) is 17.9 Å². The molecule has 4 rings (SSSR count). The van der Waals surface area contributed by atoms with Crippen molar-refractivity contribution in [1.82, 2.24) is 10.4 Å². The molecule has 2 aromatic rings. The maximum atomic E-state index is 13.0. The Morgan fingerprint density at radius 2 is 1.90 bits per heavy atom. The maximum Gasteiger partial charge on any atom is 0.282 e. The van der Waals surface area contributed by atoms with Crippen LogP contribution in [0.15, 0.2) is 35.4 Å². The van der Waals surface area contributed by atoms with Gasteiger partial charge in [0.2, 0.25) is 0 Å². The highest BCUT2D eigenvalue weighted by Crippen LogP contribution is 2.44. The molecule has 2 aliphatic rings. The molecular formula is C20H21Cl3N4OS. The summed E-state index contributed by atoms with van der Waals surface area (Å²) in [5.74, 6) is -0.305. The Labute approximate surface area is 189 Å². The number of piperidine rings is 1. The lowest BCUT2D eigenvalue weighted by Gasteiger charge is -2.27. The number of hydrazone groups is 1.